The summed E-state index contributed by atoms with van der Waals surface area (Å²) in [6.45, 7) is 0.398. The molecule has 2 aromatic carbocycles. The van der Waals surface area contributed by atoms with Crippen LogP contribution in [0, 0.1) is 0 Å². The Balaban J connectivity index is 2.27. The molecule has 0 aromatic heterocycles. The van der Waals surface area contributed by atoms with E-state index in [9.17, 15) is 0 Å². The van der Waals surface area contributed by atoms with E-state index in [1.165, 1.54) is 0 Å². The van der Waals surface area contributed by atoms with E-state index in [-0.39, 0.29) is 6.04 Å². The summed E-state index contributed by atoms with van der Waals surface area (Å²) >= 11 is 0. The molecule has 88 valence electrons. The largest absolute Gasteiger partial charge is 0.457 e. The molecule has 0 fully saturated rings. The zero-order chi connectivity index (χ0) is 12.1. The molecule has 3 heteroatoms. The van der Waals surface area contributed by atoms with Crippen LogP contribution < -0.4 is 16.2 Å². The second kappa shape index (κ2) is 5.48. The zero-order valence-electron chi connectivity index (χ0n) is 9.54. The van der Waals surface area contributed by atoms with E-state index in [0.29, 0.717) is 6.54 Å². The van der Waals surface area contributed by atoms with E-state index < -0.39 is 0 Å². The van der Waals surface area contributed by atoms with Gasteiger partial charge >= 0.3 is 0 Å². The van der Waals surface area contributed by atoms with Crippen molar-refractivity contribution in [2.24, 2.45) is 11.5 Å². The second-order valence-electron chi connectivity index (χ2n) is 3.80. The fourth-order valence-corrected chi connectivity index (χ4v) is 1.62. The molecule has 17 heavy (non-hydrogen) atoms. The Morgan fingerprint density at radius 2 is 1.59 bits per heavy atom. The third-order valence-electron chi connectivity index (χ3n) is 2.54. The van der Waals surface area contributed by atoms with Crippen LogP contribution in [0.15, 0.2) is 54.6 Å². The van der Waals surface area contributed by atoms with Gasteiger partial charge in [0.25, 0.3) is 0 Å². The quantitative estimate of drug-likeness (QED) is 0.844. The molecule has 0 bridgehead atoms. The predicted molar refractivity (Wildman–Crippen MR) is 68.9 cm³/mol. The highest BCUT2D eigenvalue weighted by Crippen LogP contribution is 2.27. The number of para-hydroxylation sites is 2. The molecule has 0 aliphatic heterocycles. The van der Waals surface area contributed by atoms with Crippen molar-refractivity contribution in [1.29, 1.82) is 0 Å². The van der Waals surface area contributed by atoms with Crippen molar-refractivity contribution in [3.63, 3.8) is 0 Å². The van der Waals surface area contributed by atoms with Crippen molar-refractivity contribution >= 4 is 0 Å². The third kappa shape index (κ3) is 2.84. The highest BCUT2D eigenvalue weighted by molar-refractivity contribution is 5.39. The molecular formula is C14H16N2O. The van der Waals surface area contributed by atoms with Crippen LogP contribution in [0.2, 0.25) is 0 Å². The summed E-state index contributed by atoms with van der Waals surface area (Å²) in [6.07, 6.45) is 0. The Morgan fingerprint density at radius 1 is 0.941 bits per heavy atom. The summed E-state index contributed by atoms with van der Waals surface area (Å²) in [5, 5.41) is 0. The Kier molecular flexibility index (Phi) is 3.75. The van der Waals surface area contributed by atoms with Crippen molar-refractivity contribution in [3.8, 4) is 11.5 Å². The predicted octanol–water partition coefficient (Wildman–Crippen LogP) is 2.44. The van der Waals surface area contributed by atoms with Crippen molar-refractivity contribution < 1.29 is 4.74 Å². The molecule has 0 radical (unpaired) electrons. The van der Waals surface area contributed by atoms with Gasteiger partial charge in [-0.3, -0.25) is 0 Å². The minimum Gasteiger partial charge on any atom is -0.457 e. The maximum Gasteiger partial charge on any atom is 0.132 e. The molecule has 0 amide bonds. The first-order valence-corrected chi connectivity index (χ1v) is 5.58. The lowest BCUT2D eigenvalue weighted by Gasteiger charge is -2.15. The Bertz CT molecular complexity index is 471. The van der Waals surface area contributed by atoms with E-state index in [4.69, 9.17) is 16.2 Å². The fourth-order valence-electron chi connectivity index (χ4n) is 1.62. The van der Waals surface area contributed by atoms with Crippen LogP contribution in [-0.4, -0.2) is 6.54 Å². The van der Waals surface area contributed by atoms with Crippen LogP contribution in [0.5, 0.6) is 11.5 Å². The van der Waals surface area contributed by atoms with Gasteiger partial charge in [0, 0.05) is 18.2 Å². The Hall–Kier alpha value is -1.84. The van der Waals surface area contributed by atoms with Gasteiger partial charge in [-0.2, -0.15) is 0 Å². The van der Waals surface area contributed by atoms with Gasteiger partial charge < -0.3 is 16.2 Å². The summed E-state index contributed by atoms with van der Waals surface area (Å²) < 4.78 is 5.80. The number of hydrogen-bond donors (Lipinski definition) is 2. The van der Waals surface area contributed by atoms with Gasteiger partial charge in [-0.05, 0) is 18.2 Å². The zero-order valence-corrected chi connectivity index (χ0v) is 9.54. The highest BCUT2D eigenvalue weighted by Gasteiger charge is 2.10. The second-order valence-corrected chi connectivity index (χ2v) is 3.80. The Morgan fingerprint density at radius 3 is 2.29 bits per heavy atom. The maximum absolute atomic E-state index is 5.94. The van der Waals surface area contributed by atoms with Crippen molar-refractivity contribution in [3.05, 3.63) is 60.2 Å². The number of benzene rings is 2. The SMILES string of the molecule is NC[C@@H](N)c1ccccc1Oc1ccccc1. The van der Waals surface area contributed by atoms with Gasteiger partial charge in [0.1, 0.15) is 11.5 Å². The summed E-state index contributed by atoms with van der Waals surface area (Å²) in [7, 11) is 0. The van der Waals surface area contributed by atoms with Gasteiger partial charge in [0.15, 0.2) is 0 Å². The normalized spacial score (nSPS) is 12.1. The number of hydrogen-bond acceptors (Lipinski definition) is 3. The first kappa shape index (κ1) is 11.6. The lowest BCUT2D eigenvalue weighted by atomic mass is 10.1. The van der Waals surface area contributed by atoms with Crippen LogP contribution in [0.4, 0.5) is 0 Å². The topological polar surface area (TPSA) is 61.3 Å². The number of ether oxygens (including phenoxy) is 1. The lowest BCUT2D eigenvalue weighted by molar-refractivity contribution is 0.470. The van der Waals surface area contributed by atoms with Crippen LogP contribution in [0.1, 0.15) is 11.6 Å². The van der Waals surface area contributed by atoms with E-state index in [0.717, 1.165) is 17.1 Å². The molecule has 0 unspecified atom stereocenters. The van der Waals surface area contributed by atoms with E-state index >= 15 is 0 Å². The summed E-state index contributed by atoms with van der Waals surface area (Å²) in [6, 6.07) is 17.1. The molecule has 2 aromatic rings. The van der Waals surface area contributed by atoms with E-state index in [1.807, 2.05) is 54.6 Å². The standard InChI is InChI=1S/C14H16N2O/c15-10-13(16)12-8-4-5-9-14(12)17-11-6-2-1-3-7-11/h1-9,13H,10,15-16H2/t13-/m1/s1. The minimum atomic E-state index is -0.199. The van der Waals surface area contributed by atoms with Crippen molar-refractivity contribution in [2.45, 2.75) is 6.04 Å². The van der Waals surface area contributed by atoms with Gasteiger partial charge in [-0.15, -0.1) is 0 Å². The molecule has 3 nitrogen and oxygen atoms in total. The van der Waals surface area contributed by atoms with Crippen molar-refractivity contribution in [2.75, 3.05) is 6.54 Å². The van der Waals surface area contributed by atoms with Gasteiger partial charge in [0.2, 0.25) is 0 Å². The van der Waals surface area contributed by atoms with Crippen LogP contribution in [0.3, 0.4) is 0 Å². The maximum atomic E-state index is 5.94. The van der Waals surface area contributed by atoms with Gasteiger partial charge in [0.05, 0.1) is 0 Å². The van der Waals surface area contributed by atoms with E-state index in [1.54, 1.807) is 0 Å². The summed E-state index contributed by atoms with van der Waals surface area (Å²) in [4.78, 5) is 0. The lowest BCUT2D eigenvalue weighted by Crippen LogP contribution is -2.21. The average Bonchev–Trinajstić information content (AvgIpc) is 2.40. The molecule has 0 aliphatic carbocycles. The average molecular weight is 228 g/mol. The molecule has 0 heterocycles. The van der Waals surface area contributed by atoms with Crippen LogP contribution in [0.25, 0.3) is 0 Å². The number of rotatable bonds is 4. The molecule has 0 saturated heterocycles. The fraction of sp³-hybridized carbons (Fsp3) is 0.143. The molecule has 1 atom stereocenters. The first-order valence-electron chi connectivity index (χ1n) is 5.58. The molecule has 0 spiro atoms. The molecular weight excluding hydrogens is 212 g/mol. The summed E-state index contributed by atoms with van der Waals surface area (Å²) in [5.41, 5.74) is 12.5. The Labute approximate surface area is 101 Å². The minimum absolute atomic E-state index is 0.199. The first-order chi connectivity index (χ1) is 8.31. The van der Waals surface area contributed by atoms with E-state index in [2.05, 4.69) is 0 Å². The smallest absolute Gasteiger partial charge is 0.132 e. The monoisotopic (exact) mass is 228 g/mol. The summed E-state index contributed by atoms with van der Waals surface area (Å²) in [5.74, 6) is 1.56. The molecule has 4 N–H and O–H groups in total. The molecule has 2 rings (SSSR count). The van der Waals surface area contributed by atoms with Gasteiger partial charge in [-0.1, -0.05) is 36.4 Å². The van der Waals surface area contributed by atoms with Crippen LogP contribution >= 0.6 is 0 Å². The molecule has 0 aliphatic rings. The van der Waals surface area contributed by atoms with Gasteiger partial charge in [-0.25, -0.2) is 0 Å². The molecule has 0 saturated carbocycles. The third-order valence-corrected chi connectivity index (χ3v) is 2.54. The van der Waals surface area contributed by atoms with Crippen molar-refractivity contribution in [1.82, 2.24) is 0 Å². The van der Waals surface area contributed by atoms with Crippen LogP contribution in [-0.2, 0) is 0 Å². The highest BCUT2D eigenvalue weighted by atomic mass is 16.5. The number of nitrogens with two attached hydrogens (primary N) is 2.